The maximum atomic E-state index is 12.4. The molecule has 8 heteroatoms. The first-order valence-electron chi connectivity index (χ1n) is 7.23. The molecule has 0 aliphatic heterocycles. The average molecular weight is 322 g/mol. The first-order chi connectivity index (χ1) is 11.7. The highest BCUT2D eigenvalue weighted by Crippen LogP contribution is 2.12. The number of aromatic amines is 1. The summed E-state index contributed by atoms with van der Waals surface area (Å²) in [6, 6.07) is 12.3. The minimum Gasteiger partial charge on any atom is -0.408 e. The van der Waals surface area contributed by atoms with Crippen LogP contribution in [0.5, 0.6) is 0 Å². The summed E-state index contributed by atoms with van der Waals surface area (Å²) in [5.41, 5.74) is 1.63. The van der Waals surface area contributed by atoms with E-state index in [1.165, 1.54) is 10.9 Å². The number of aromatic nitrogens is 5. The van der Waals surface area contributed by atoms with Crippen molar-refractivity contribution in [2.75, 3.05) is 0 Å². The van der Waals surface area contributed by atoms with Crippen LogP contribution in [-0.4, -0.2) is 25.2 Å². The molecule has 0 fully saturated rings. The quantitative estimate of drug-likeness (QED) is 0.561. The van der Waals surface area contributed by atoms with Gasteiger partial charge in [0.15, 0.2) is 5.58 Å². The van der Waals surface area contributed by atoms with Gasteiger partial charge in [-0.15, -0.1) is 0 Å². The van der Waals surface area contributed by atoms with Gasteiger partial charge in [-0.3, -0.25) is 9.36 Å². The number of carbonyl (C=O) groups excluding carboxylic acids is 1. The molecule has 0 unspecified atom stereocenters. The second-order valence-corrected chi connectivity index (χ2v) is 5.10. The smallest absolute Gasteiger partial charge is 0.408 e. The number of para-hydroxylation sites is 2. The molecule has 4 aromatic rings. The van der Waals surface area contributed by atoms with Gasteiger partial charge in [-0.25, -0.2) is 14.8 Å². The molecule has 8 nitrogen and oxygen atoms in total. The van der Waals surface area contributed by atoms with E-state index in [1.807, 2.05) is 6.07 Å². The van der Waals surface area contributed by atoms with Crippen molar-refractivity contribution in [2.24, 2.45) is 0 Å². The zero-order chi connectivity index (χ0) is 16.5. The number of hydrogen-bond acceptors (Lipinski definition) is 5. The van der Waals surface area contributed by atoms with Gasteiger partial charge in [-0.2, -0.15) is 0 Å². The number of nitrogens with one attached hydrogen (secondary N) is 1. The van der Waals surface area contributed by atoms with Crippen LogP contribution in [0.3, 0.4) is 0 Å². The van der Waals surface area contributed by atoms with E-state index in [9.17, 15) is 9.59 Å². The lowest BCUT2D eigenvalue weighted by atomic mass is 10.3. The number of nitrogens with zero attached hydrogens (tertiary/aromatic N) is 4. The average Bonchev–Trinajstić information content (AvgIpc) is 3.21. The van der Waals surface area contributed by atoms with Crippen molar-refractivity contribution in [3.8, 4) is 11.5 Å². The first-order valence-corrected chi connectivity index (χ1v) is 7.23. The Morgan fingerprint density at radius 1 is 1.17 bits per heavy atom. The minimum absolute atomic E-state index is 0.174. The number of benzene rings is 1. The Balaban J connectivity index is 1.64. The van der Waals surface area contributed by atoms with E-state index in [0.717, 1.165) is 4.68 Å². The number of fused-ring (bicyclic) bond motifs is 1. The summed E-state index contributed by atoms with van der Waals surface area (Å²) in [7, 11) is 0. The minimum atomic E-state index is -0.578. The molecule has 3 heterocycles. The van der Waals surface area contributed by atoms with Crippen molar-refractivity contribution in [3.63, 3.8) is 0 Å². The number of carbonyl (C=O) groups is 1. The number of H-pyrrole nitrogens is 1. The molecule has 0 radical (unpaired) electrons. The molecule has 0 bridgehead atoms. The molecule has 0 aliphatic rings. The Bertz CT molecular complexity index is 1080. The zero-order valence-corrected chi connectivity index (χ0v) is 12.4. The lowest BCUT2D eigenvalue weighted by molar-refractivity contribution is -0.365. The van der Waals surface area contributed by atoms with Crippen LogP contribution in [0.15, 0.2) is 64.2 Å². The summed E-state index contributed by atoms with van der Waals surface area (Å²) in [5, 5.41) is 4.17. The van der Waals surface area contributed by atoms with Crippen molar-refractivity contribution in [3.05, 3.63) is 65.5 Å². The second-order valence-electron chi connectivity index (χ2n) is 5.10. The van der Waals surface area contributed by atoms with Gasteiger partial charge >= 0.3 is 17.5 Å². The highest BCUT2D eigenvalue weighted by Gasteiger charge is 2.21. The summed E-state index contributed by atoms with van der Waals surface area (Å²) in [5.74, 6) is -0.485. The second kappa shape index (κ2) is 5.58. The predicted molar refractivity (Wildman–Crippen MR) is 83.1 cm³/mol. The van der Waals surface area contributed by atoms with Crippen LogP contribution in [-0.2, 0) is 6.54 Å². The van der Waals surface area contributed by atoms with Crippen LogP contribution in [0.1, 0.15) is 4.79 Å². The fraction of sp³-hybridized carbons (Fsp3) is 0.0625. The SMILES string of the molecule is O=C(Cn1c(=O)oc2ccccc21)n1c[nH+]c(-c2ccccn2)n1. The van der Waals surface area contributed by atoms with Gasteiger partial charge in [0.25, 0.3) is 0 Å². The summed E-state index contributed by atoms with van der Waals surface area (Å²) in [6.45, 7) is -0.174. The molecule has 0 atom stereocenters. The van der Waals surface area contributed by atoms with Crippen molar-refractivity contribution in [1.82, 2.24) is 19.3 Å². The molecular formula is C16H12N5O3+. The molecule has 0 saturated carbocycles. The maximum Gasteiger partial charge on any atom is 0.420 e. The third-order valence-electron chi connectivity index (χ3n) is 3.56. The third kappa shape index (κ3) is 2.39. The van der Waals surface area contributed by atoms with E-state index >= 15 is 0 Å². The summed E-state index contributed by atoms with van der Waals surface area (Å²) >= 11 is 0. The summed E-state index contributed by atoms with van der Waals surface area (Å²) < 4.78 is 7.55. The van der Waals surface area contributed by atoms with Crippen LogP contribution in [0.25, 0.3) is 22.6 Å². The first kappa shape index (κ1) is 14.1. The molecule has 0 amide bonds. The van der Waals surface area contributed by atoms with Crippen LogP contribution in [0.2, 0.25) is 0 Å². The largest absolute Gasteiger partial charge is 0.420 e. The van der Waals surface area contributed by atoms with Crippen molar-refractivity contribution < 1.29 is 14.2 Å². The number of hydrogen-bond donors (Lipinski definition) is 0. The topological polar surface area (TPSA) is 97.1 Å². The van der Waals surface area contributed by atoms with E-state index in [1.54, 1.807) is 42.6 Å². The normalized spacial score (nSPS) is 11.0. The Kier molecular flexibility index (Phi) is 3.27. The zero-order valence-electron chi connectivity index (χ0n) is 12.4. The molecule has 0 spiro atoms. The van der Waals surface area contributed by atoms with Gasteiger partial charge in [0, 0.05) is 6.20 Å². The number of oxazole rings is 1. The molecule has 4 rings (SSSR count). The van der Waals surface area contributed by atoms with E-state index in [0.29, 0.717) is 22.6 Å². The van der Waals surface area contributed by atoms with Gasteiger partial charge in [0.05, 0.1) is 10.6 Å². The molecular weight excluding hydrogens is 310 g/mol. The Labute approximate surface area is 135 Å². The van der Waals surface area contributed by atoms with Crippen LogP contribution >= 0.6 is 0 Å². The van der Waals surface area contributed by atoms with Crippen molar-refractivity contribution in [2.45, 2.75) is 6.54 Å². The molecule has 1 N–H and O–H groups in total. The van der Waals surface area contributed by atoms with E-state index in [4.69, 9.17) is 4.42 Å². The number of pyridine rings is 1. The van der Waals surface area contributed by atoms with Crippen molar-refractivity contribution >= 4 is 17.0 Å². The van der Waals surface area contributed by atoms with Gasteiger partial charge < -0.3 is 4.42 Å². The summed E-state index contributed by atoms with van der Waals surface area (Å²) in [4.78, 5) is 31.4. The molecule has 3 aromatic heterocycles. The fourth-order valence-corrected chi connectivity index (χ4v) is 2.41. The van der Waals surface area contributed by atoms with Crippen LogP contribution < -0.4 is 10.7 Å². The highest BCUT2D eigenvalue weighted by atomic mass is 16.4. The number of rotatable bonds is 3. The van der Waals surface area contributed by atoms with Crippen LogP contribution in [0, 0.1) is 0 Å². The lowest BCUT2D eigenvalue weighted by Gasteiger charge is -1.97. The summed E-state index contributed by atoms with van der Waals surface area (Å²) in [6.07, 6.45) is 3.07. The Hall–Kier alpha value is -3.55. The third-order valence-corrected chi connectivity index (χ3v) is 3.56. The maximum absolute atomic E-state index is 12.4. The molecule has 0 aliphatic carbocycles. The van der Waals surface area contributed by atoms with Gasteiger partial charge in [0.2, 0.25) is 6.33 Å². The molecule has 118 valence electrons. The fourth-order valence-electron chi connectivity index (χ4n) is 2.41. The van der Waals surface area contributed by atoms with Gasteiger partial charge in [0.1, 0.15) is 12.2 Å². The highest BCUT2D eigenvalue weighted by molar-refractivity contribution is 5.80. The Morgan fingerprint density at radius 2 is 2.00 bits per heavy atom. The monoisotopic (exact) mass is 322 g/mol. The standard InChI is InChI=1S/C16H11N5O3/c22-14(9-20-12-6-1-2-7-13(12)24-16(20)23)21-10-18-15(19-21)11-5-3-4-8-17-11/h1-8,10H,9H2/p+1. The van der Waals surface area contributed by atoms with Gasteiger partial charge in [-0.05, 0) is 28.9 Å². The Morgan fingerprint density at radius 3 is 2.83 bits per heavy atom. The van der Waals surface area contributed by atoms with Crippen molar-refractivity contribution in [1.29, 1.82) is 0 Å². The van der Waals surface area contributed by atoms with E-state index in [-0.39, 0.29) is 12.5 Å². The van der Waals surface area contributed by atoms with Crippen LogP contribution in [0.4, 0.5) is 0 Å². The van der Waals surface area contributed by atoms with E-state index in [2.05, 4.69) is 15.1 Å². The van der Waals surface area contributed by atoms with Gasteiger partial charge in [-0.1, -0.05) is 18.2 Å². The predicted octanol–water partition coefficient (Wildman–Crippen LogP) is 1.01. The molecule has 1 aromatic carbocycles. The molecule has 24 heavy (non-hydrogen) atoms. The molecule has 0 saturated heterocycles. The lowest BCUT2D eigenvalue weighted by Crippen LogP contribution is -2.24. The van der Waals surface area contributed by atoms with E-state index < -0.39 is 5.76 Å².